The largest absolute Gasteiger partial charge is 0.493 e. The average Bonchev–Trinajstić information content (AvgIpc) is 3.26. The lowest BCUT2D eigenvalue weighted by Gasteiger charge is -2.08. The highest BCUT2D eigenvalue weighted by atomic mass is 32.1. The number of nitrogens with one attached hydrogen (secondary N) is 2. The lowest BCUT2D eigenvalue weighted by Crippen LogP contribution is -1.99. The fourth-order valence-electron chi connectivity index (χ4n) is 2.70. The second-order valence-corrected chi connectivity index (χ2v) is 6.31. The van der Waals surface area contributed by atoms with Crippen LogP contribution in [0.15, 0.2) is 46.6 Å². The molecule has 4 rings (SSSR count). The van der Waals surface area contributed by atoms with Gasteiger partial charge in [-0.2, -0.15) is 0 Å². The maximum absolute atomic E-state index is 11.4. The van der Waals surface area contributed by atoms with Gasteiger partial charge in [-0.1, -0.05) is 6.07 Å². The number of nitrogens with zero attached hydrogens (tertiary/aromatic N) is 1. The van der Waals surface area contributed by atoms with Crippen LogP contribution in [0.5, 0.6) is 11.5 Å². The van der Waals surface area contributed by atoms with Crippen molar-refractivity contribution in [1.82, 2.24) is 15.0 Å². The molecule has 0 radical (unpaired) electrons. The van der Waals surface area contributed by atoms with E-state index in [1.807, 2.05) is 41.8 Å². The molecule has 6 nitrogen and oxygen atoms in total. The predicted octanol–water partition coefficient (Wildman–Crippen LogP) is 3.66. The van der Waals surface area contributed by atoms with Crippen molar-refractivity contribution in [3.05, 3.63) is 52.3 Å². The van der Waals surface area contributed by atoms with E-state index in [1.54, 1.807) is 25.6 Å². The fourth-order valence-corrected chi connectivity index (χ4v) is 3.53. The molecule has 0 saturated carbocycles. The van der Waals surface area contributed by atoms with Gasteiger partial charge in [0.1, 0.15) is 5.01 Å². The molecule has 4 aromatic rings. The number of methoxy groups -OCH3 is 2. The number of aromatic amines is 2. The van der Waals surface area contributed by atoms with Crippen LogP contribution >= 0.6 is 11.3 Å². The minimum absolute atomic E-state index is 0.212. The van der Waals surface area contributed by atoms with E-state index in [0.717, 1.165) is 32.9 Å². The van der Waals surface area contributed by atoms with E-state index in [1.165, 1.54) is 0 Å². The number of hydrogen-bond acceptors (Lipinski definition) is 5. The molecule has 0 atom stereocenters. The monoisotopic (exact) mass is 353 g/mol. The van der Waals surface area contributed by atoms with Gasteiger partial charge in [-0.15, -0.1) is 11.3 Å². The van der Waals surface area contributed by atoms with E-state index < -0.39 is 0 Å². The Morgan fingerprint density at radius 1 is 0.920 bits per heavy atom. The number of ether oxygens (including phenoxy) is 2. The molecule has 7 heteroatoms. The summed E-state index contributed by atoms with van der Waals surface area (Å²) in [5, 5.41) is 2.89. The number of imidazole rings is 1. The van der Waals surface area contributed by atoms with Crippen LogP contribution in [0.1, 0.15) is 0 Å². The molecule has 0 amide bonds. The number of benzene rings is 2. The standard InChI is InChI=1S/C18H15N3O3S/c1-23-15-6-4-11(8-16(15)24-2)17-19-14(9-25-17)10-3-5-12-13(7-10)21-18(22)20-12/h3-9H,1-2H3,(H2,20,21,22). The molecule has 0 spiro atoms. The summed E-state index contributed by atoms with van der Waals surface area (Å²) in [7, 11) is 3.22. The number of aromatic nitrogens is 3. The summed E-state index contributed by atoms with van der Waals surface area (Å²) < 4.78 is 10.6. The zero-order valence-corrected chi connectivity index (χ0v) is 14.4. The van der Waals surface area contributed by atoms with Crippen LogP contribution in [0.3, 0.4) is 0 Å². The molecule has 0 unspecified atom stereocenters. The van der Waals surface area contributed by atoms with Crippen LogP contribution in [-0.2, 0) is 0 Å². The van der Waals surface area contributed by atoms with Crippen molar-refractivity contribution in [2.75, 3.05) is 14.2 Å². The Balaban J connectivity index is 1.72. The van der Waals surface area contributed by atoms with Gasteiger partial charge < -0.3 is 19.4 Å². The number of H-pyrrole nitrogens is 2. The lowest BCUT2D eigenvalue weighted by atomic mass is 10.1. The molecule has 2 aromatic carbocycles. The van der Waals surface area contributed by atoms with Gasteiger partial charge in [0.25, 0.3) is 0 Å². The first-order valence-corrected chi connectivity index (χ1v) is 8.46. The van der Waals surface area contributed by atoms with Crippen molar-refractivity contribution in [1.29, 1.82) is 0 Å². The fraction of sp³-hybridized carbons (Fsp3) is 0.111. The van der Waals surface area contributed by atoms with E-state index >= 15 is 0 Å². The Bertz CT molecular complexity index is 1110. The lowest BCUT2D eigenvalue weighted by molar-refractivity contribution is 0.355. The number of fused-ring (bicyclic) bond motifs is 1. The van der Waals surface area contributed by atoms with Crippen molar-refractivity contribution < 1.29 is 9.47 Å². The minimum Gasteiger partial charge on any atom is -0.493 e. The SMILES string of the molecule is COc1ccc(-c2nc(-c3ccc4[nH]c(=O)[nH]c4c3)cs2)cc1OC. The second kappa shape index (κ2) is 6.10. The molecule has 2 aromatic heterocycles. The summed E-state index contributed by atoms with van der Waals surface area (Å²) in [5.74, 6) is 1.35. The highest BCUT2D eigenvalue weighted by molar-refractivity contribution is 7.13. The van der Waals surface area contributed by atoms with Crippen LogP contribution in [0.4, 0.5) is 0 Å². The maximum Gasteiger partial charge on any atom is 0.323 e. The molecule has 0 aliphatic heterocycles. The zero-order chi connectivity index (χ0) is 17.4. The van der Waals surface area contributed by atoms with E-state index in [9.17, 15) is 4.79 Å². The minimum atomic E-state index is -0.212. The third-order valence-corrected chi connectivity index (χ3v) is 4.84. The van der Waals surface area contributed by atoms with Crippen LogP contribution < -0.4 is 15.2 Å². The molecule has 25 heavy (non-hydrogen) atoms. The molecular formula is C18H15N3O3S. The van der Waals surface area contributed by atoms with Gasteiger partial charge in [-0.3, -0.25) is 0 Å². The maximum atomic E-state index is 11.4. The number of rotatable bonds is 4. The Kier molecular flexibility index (Phi) is 3.77. The Morgan fingerprint density at radius 3 is 2.48 bits per heavy atom. The van der Waals surface area contributed by atoms with Gasteiger partial charge in [-0.25, -0.2) is 9.78 Å². The Labute approximate surface area is 147 Å². The third-order valence-electron chi connectivity index (χ3n) is 3.95. The van der Waals surface area contributed by atoms with E-state index in [4.69, 9.17) is 14.5 Å². The van der Waals surface area contributed by atoms with Gasteiger partial charge in [-0.05, 0) is 30.3 Å². The van der Waals surface area contributed by atoms with Crippen molar-refractivity contribution >= 4 is 22.4 Å². The summed E-state index contributed by atoms with van der Waals surface area (Å²) in [4.78, 5) is 21.6. The molecule has 0 bridgehead atoms. The Hall–Kier alpha value is -3.06. The van der Waals surface area contributed by atoms with Crippen molar-refractivity contribution in [3.8, 4) is 33.3 Å². The molecule has 0 aliphatic rings. The van der Waals surface area contributed by atoms with Crippen LogP contribution in [-0.4, -0.2) is 29.2 Å². The summed E-state index contributed by atoms with van der Waals surface area (Å²) in [5.41, 5.74) is 4.11. The van der Waals surface area contributed by atoms with Crippen LogP contribution in [0.2, 0.25) is 0 Å². The average molecular weight is 353 g/mol. The molecule has 2 N–H and O–H groups in total. The molecule has 0 saturated heterocycles. The summed E-state index contributed by atoms with van der Waals surface area (Å²) in [6, 6.07) is 11.5. The number of thiazole rings is 1. The van der Waals surface area contributed by atoms with E-state index in [-0.39, 0.29) is 5.69 Å². The van der Waals surface area contributed by atoms with E-state index in [0.29, 0.717) is 11.5 Å². The van der Waals surface area contributed by atoms with Crippen molar-refractivity contribution in [2.24, 2.45) is 0 Å². The smallest absolute Gasteiger partial charge is 0.323 e. The van der Waals surface area contributed by atoms with Crippen molar-refractivity contribution in [3.63, 3.8) is 0 Å². The first-order valence-electron chi connectivity index (χ1n) is 7.58. The van der Waals surface area contributed by atoms with Gasteiger partial charge >= 0.3 is 5.69 Å². The van der Waals surface area contributed by atoms with Crippen LogP contribution in [0.25, 0.3) is 32.9 Å². The first-order chi connectivity index (χ1) is 12.2. The third kappa shape index (κ3) is 2.78. The molecular weight excluding hydrogens is 338 g/mol. The highest BCUT2D eigenvalue weighted by Crippen LogP contribution is 2.35. The van der Waals surface area contributed by atoms with Crippen molar-refractivity contribution in [2.45, 2.75) is 0 Å². The number of hydrogen-bond donors (Lipinski definition) is 2. The first kappa shape index (κ1) is 15.5. The summed E-state index contributed by atoms with van der Waals surface area (Å²) in [6.45, 7) is 0. The Morgan fingerprint density at radius 2 is 1.68 bits per heavy atom. The summed E-state index contributed by atoms with van der Waals surface area (Å²) in [6.07, 6.45) is 0. The van der Waals surface area contributed by atoms with Gasteiger partial charge in [0, 0.05) is 16.5 Å². The highest BCUT2D eigenvalue weighted by Gasteiger charge is 2.11. The van der Waals surface area contributed by atoms with Crippen LogP contribution in [0, 0.1) is 0 Å². The second-order valence-electron chi connectivity index (χ2n) is 5.45. The zero-order valence-electron chi connectivity index (χ0n) is 13.6. The molecule has 126 valence electrons. The quantitative estimate of drug-likeness (QED) is 0.587. The van der Waals surface area contributed by atoms with E-state index in [2.05, 4.69) is 9.97 Å². The molecule has 2 heterocycles. The van der Waals surface area contributed by atoms with Gasteiger partial charge in [0.15, 0.2) is 11.5 Å². The topological polar surface area (TPSA) is 80.0 Å². The normalized spacial score (nSPS) is 11.0. The van der Waals surface area contributed by atoms with Gasteiger partial charge in [0.2, 0.25) is 0 Å². The van der Waals surface area contributed by atoms with Gasteiger partial charge in [0.05, 0.1) is 30.9 Å². The predicted molar refractivity (Wildman–Crippen MR) is 98.6 cm³/mol. The summed E-state index contributed by atoms with van der Waals surface area (Å²) >= 11 is 1.55. The molecule has 0 fully saturated rings. The molecule has 0 aliphatic carbocycles.